The van der Waals surface area contributed by atoms with Crippen molar-refractivity contribution in [3.05, 3.63) is 29.5 Å². The monoisotopic (exact) mass is 398 g/mol. The molecule has 3 aliphatic heterocycles. The number of methoxy groups -OCH3 is 1. The van der Waals surface area contributed by atoms with Gasteiger partial charge in [-0.25, -0.2) is 0 Å². The van der Waals surface area contributed by atoms with Crippen LogP contribution in [0.15, 0.2) is 22.6 Å². The molecule has 1 aromatic carbocycles. The molecule has 0 radical (unpaired) electrons. The first kappa shape index (κ1) is 18.5. The van der Waals surface area contributed by atoms with E-state index in [-0.39, 0.29) is 23.9 Å². The molecule has 154 valence electrons. The van der Waals surface area contributed by atoms with Crippen LogP contribution in [0, 0.1) is 12.8 Å². The van der Waals surface area contributed by atoms with Crippen LogP contribution in [0.25, 0.3) is 11.0 Å². The SMILES string of the molecule is COc1ccc2c(C)c(C(=O)N3CC[C@@]45OC[C@@H](C(C)C)N4C(=O)C[C@@H]35)oc2c1. The second kappa shape index (κ2) is 6.23. The largest absolute Gasteiger partial charge is 0.497 e. The summed E-state index contributed by atoms with van der Waals surface area (Å²) >= 11 is 0. The summed E-state index contributed by atoms with van der Waals surface area (Å²) in [7, 11) is 1.60. The summed E-state index contributed by atoms with van der Waals surface area (Å²) < 4.78 is 17.4. The molecule has 0 saturated carbocycles. The number of hydrogen-bond donors (Lipinski definition) is 0. The molecular weight excluding hydrogens is 372 g/mol. The van der Waals surface area contributed by atoms with Crippen LogP contribution in [0.5, 0.6) is 5.75 Å². The van der Waals surface area contributed by atoms with Gasteiger partial charge in [0, 0.05) is 30.0 Å². The van der Waals surface area contributed by atoms with Crippen molar-refractivity contribution in [2.75, 3.05) is 20.3 Å². The lowest BCUT2D eigenvalue weighted by molar-refractivity contribution is -0.139. The molecule has 0 bridgehead atoms. The van der Waals surface area contributed by atoms with Gasteiger partial charge in [-0.05, 0) is 25.0 Å². The fourth-order valence-corrected chi connectivity index (χ4v) is 5.28. The third-order valence-corrected chi connectivity index (χ3v) is 6.86. The van der Waals surface area contributed by atoms with Gasteiger partial charge >= 0.3 is 0 Å². The fraction of sp³-hybridized carbons (Fsp3) is 0.545. The summed E-state index contributed by atoms with van der Waals surface area (Å²) in [6, 6.07) is 5.36. The standard InChI is InChI=1S/C22H26N2O5/c1-12(2)16-11-28-22-7-8-23(18(22)10-19(25)24(16)22)21(26)20-13(3)15-6-5-14(27-4)9-17(15)29-20/h5-6,9,12,16,18H,7-8,10-11H2,1-4H3/t16-,18+,22-/m0/s1. The van der Waals surface area contributed by atoms with Gasteiger partial charge in [0.1, 0.15) is 11.3 Å². The summed E-state index contributed by atoms with van der Waals surface area (Å²) in [4.78, 5) is 30.0. The number of fused-ring (bicyclic) bond motifs is 1. The molecule has 3 fully saturated rings. The molecule has 1 spiro atoms. The summed E-state index contributed by atoms with van der Waals surface area (Å²) in [6.07, 6.45) is 0.952. The maximum atomic E-state index is 13.5. The Balaban J connectivity index is 1.49. The number of ether oxygens (including phenoxy) is 2. The molecule has 1 aromatic heterocycles. The zero-order valence-corrected chi connectivity index (χ0v) is 17.2. The minimum Gasteiger partial charge on any atom is -0.497 e. The van der Waals surface area contributed by atoms with Crippen LogP contribution in [-0.4, -0.2) is 59.7 Å². The molecular formula is C22H26N2O5. The maximum absolute atomic E-state index is 13.5. The smallest absolute Gasteiger partial charge is 0.290 e. The Hall–Kier alpha value is -2.54. The topological polar surface area (TPSA) is 72.2 Å². The Morgan fingerprint density at radius 2 is 2.14 bits per heavy atom. The van der Waals surface area contributed by atoms with Crippen molar-refractivity contribution < 1.29 is 23.5 Å². The zero-order valence-electron chi connectivity index (χ0n) is 17.2. The second-order valence-electron chi connectivity index (χ2n) is 8.62. The van der Waals surface area contributed by atoms with Crippen molar-refractivity contribution in [1.82, 2.24) is 9.80 Å². The number of furan rings is 1. The van der Waals surface area contributed by atoms with E-state index in [1.54, 1.807) is 18.1 Å². The van der Waals surface area contributed by atoms with Crippen molar-refractivity contribution in [3.8, 4) is 5.75 Å². The highest BCUT2D eigenvalue weighted by molar-refractivity contribution is 6.00. The lowest BCUT2D eigenvalue weighted by Gasteiger charge is -2.34. The number of benzene rings is 1. The lowest BCUT2D eigenvalue weighted by Crippen LogP contribution is -2.51. The Bertz CT molecular complexity index is 1010. The quantitative estimate of drug-likeness (QED) is 0.795. The van der Waals surface area contributed by atoms with E-state index in [1.807, 2.05) is 24.0 Å². The Labute approximate surface area is 169 Å². The van der Waals surface area contributed by atoms with Crippen molar-refractivity contribution in [2.24, 2.45) is 5.92 Å². The molecule has 0 N–H and O–H groups in total. The third kappa shape index (κ3) is 2.40. The average Bonchev–Trinajstić information content (AvgIpc) is 3.41. The molecule has 0 unspecified atom stereocenters. The van der Waals surface area contributed by atoms with Gasteiger partial charge in [0.15, 0.2) is 11.5 Å². The molecule has 3 saturated heterocycles. The van der Waals surface area contributed by atoms with Gasteiger partial charge in [0.05, 0.1) is 32.2 Å². The van der Waals surface area contributed by atoms with Crippen LogP contribution in [0.2, 0.25) is 0 Å². The number of hydrogen-bond acceptors (Lipinski definition) is 5. The fourth-order valence-electron chi connectivity index (χ4n) is 5.28. The number of nitrogens with zero attached hydrogens (tertiary/aromatic N) is 2. The van der Waals surface area contributed by atoms with Crippen LogP contribution in [-0.2, 0) is 9.53 Å². The highest BCUT2D eigenvalue weighted by Crippen LogP contribution is 2.49. The Morgan fingerprint density at radius 1 is 1.34 bits per heavy atom. The number of rotatable bonds is 3. The van der Waals surface area contributed by atoms with Gasteiger partial charge in [-0.15, -0.1) is 0 Å². The molecule has 4 heterocycles. The van der Waals surface area contributed by atoms with Gasteiger partial charge < -0.3 is 23.7 Å². The second-order valence-corrected chi connectivity index (χ2v) is 8.62. The molecule has 7 heteroatoms. The van der Waals surface area contributed by atoms with Gasteiger partial charge in [-0.2, -0.15) is 0 Å². The number of amides is 2. The Morgan fingerprint density at radius 3 is 2.86 bits per heavy atom. The van der Waals surface area contributed by atoms with Crippen LogP contribution in [0.3, 0.4) is 0 Å². The summed E-state index contributed by atoms with van der Waals surface area (Å²) in [5.74, 6) is 1.23. The third-order valence-electron chi connectivity index (χ3n) is 6.86. The minimum absolute atomic E-state index is 0.0722. The first-order chi connectivity index (χ1) is 13.9. The van der Waals surface area contributed by atoms with Crippen LogP contribution < -0.4 is 4.74 Å². The van der Waals surface area contributed by atoms with Crippen molar-refractivity contribution >= 4 is 22.8 Å². The van der Waals surface area contributed by atoms with E-state index in [0.29, 0.717) is 49.0 Å². The van der Waals surface area contributed by atoms with E-state index >= 15 is 0 Å². The van der Waals surface area contributed by atoms with Crippen LogP contribution in [0.4, 0.5) is 0 Å². The van der Waals surface area contributed by atoms with E-state index in [1.165, 1.54) is 0 Å². The van der Waals surface area contributed by atoms with Crippen molar-refractivity contribution in [3.63, 3.8) is 0 Å². The van der Waals surface area contributed by atoms with Gasteiger partial charge in [0.2, 0.25) is 5.91 Å². The van der Waals surface area contributed by atoms with E-state index in [0.717, 1.165) is 10.9 Å². The molecule has 29 heavy (non-hydrogen) atoms. The number of likely N-dealkylation sites (tertiary alicyclic amines) is 1. The minimum atomic E-state index is -0.676. The summed E-state index contributed by atoms with van der Waals surface area (Å²) in [5, 5.41) is 0.893. The Kier molecular flexibility index (Phi) is 3.97. The molecule has 0 aliphatic carbocycles. The molecule has 2 aromatic rings. The maximum Gasteiger partial charge on any atom is 0.290 e. The van der Waals surface area contributed by atoms with Gasteiger partial charge in [-0.3, -0.25) is 9.59 Å². The van der Waals surface area contributed by atoms with E-state index in [9.17, 15) is 9.59 Å². The van der Waals surface area contributed by atoms with Crippen LogP contribution in [0.1, 0.15) is 42.8 Å². The predicted octanol–water partition coefficient (Wildman–Crippen LogP) is 2.95. The molecule has 3 aliphatic rings. The molecule has 3 atom stereocenters. The van der Waals surface area contributed by atoms with E-state index in [2.05, 4.69) is 13.8 Å². The van der Waals surface area contributed by atoms with Gasteiger partial charge in [-0.1, -0.05) is 13.8 Å². The predicted molar refractivity (Wildman–Crippen MR) is 106 cm³/mol. The van der Waals surface area contributed by atoms with Crippen molar-refractivity contribution in [1.29, 1.82) is 0 Å². The summed E-state index contributed by atoms with van der Waals surface area (Å²) in [5.41, 5.74) is 0.757. The summed E-state index contributed by atoms with van der Waals surface area (Å²) in [6.45, 7) is 7.20. The van der Waals surface area contributed by atoms with Crippen molar-refractivity contribution in [2.45, 2.75) is 51.4 Å². The molecule has 5 rings (SSSR count). The first-order valence-corrected chi connectivity index (χ1v) is 10.2. The number of carbonyl (C=O) groups excluding carboxylic acids is 2. The zero-order chi connectivity index (χ0) is 20.5. The highest BCUT2D eigenvalue weighted by Gasteiger charge is 2.66. The average molecular weight is 398 g/mol. The normalized spacial score (nSPS) is 28.5. The number of carbonyl (C=O) groups is 2. The molecule has 2 amide bonds. The van der Waals surface area contributed by atoms with Crippen LogP contribution >= 0.6 is 0 Å². The number of aryl methyl sites for hydroxylation is 1. The van der Waals surface area contributed by atoms with E-state index in [4.69, 9.17) is 13.9 Å². The van der Waals surface area contributed by atoms with E-state index < -0.39 is 5.72 Å². The highest BCUT2D eigenvalue weighted by atomic mass is 16.5. The lowest BCUT2D eigenvalue weighted by atomic mass is 10.0. The molecule has 7 nitrogen and oxygen atoms in total. The first-order valence-electron chi connectivity index (χ1n) is 10.2. The van der Waals surface area contributed by atoms with Gasteiger partial charge in [0.25, 0.3) is 5.91 Å².